The van der Waals surface area contributed by atoms with E-state index in [4.69, 9.17) is 4.74 Å². The maximum Gasteiger partial charge on any atom is 0.310 e. The summed E-state index contributed by atoms with van der Waals surface area (Å²) >= 11 is 0. The number of ether oxygens (including phenoxy) is 1. The van der Waals surface area contributed by atoms with Gasteiger partial charge in [-0.3, -0.25) is 14.4 Å². The van der Waals surface area contributed by atoms with Crippen molar-refractivity contribution in [3.05, 3.63) is 97.1 Å². The van der Waals surface area contributed by atoms with Crippen molar-refractivity contribution in [1.82, 2.24) is 10.6 Å². The summed E-state index contributed by atoms with van der Waals surface area (Å²) < 4.78 is 5.98. The van der Waals surface area contributed by atoms with Crippen LogP contribution in [0, 0.1) is 11.8 Å². The molecule has 0 bridgehead atoms. The van der Waals surface area contributed by atoms with Crippen molar-refractivity contribution >= 4 is 17.8 Å². The van der Waals surface area contributed by atoms with E-state index in [1.807, 2.05) is 60.7 Å². The van der Waals surface area contributed by atoms with Crippen molar-refractivity contribution in [2.45, 2.75) is 63.0 Å². The van der Waals surface area contributed by atoms with Crippen molar-refractivity contribution < 1.29 is 24.2 Å². The zero-order valence-corrected chi connectivity index (χ0v) is 23.2. The normalized spacial score (nSPS) is 16.2. The lowest BCUT2D eigenvalue weighted by Crippen LogP contribution is -2.50. The van der Waals surface area contributed by atoms with Crippen LogP contribution in [0.1, 0.15) is 62.2 Å². The molecular weight excluding hydrogens is 504 g/mol. The van der Waals surface area contributed by atoms with E-state index in [1.165, 1.54) is 0 Å². The zero-order chi connectivity index (χ0) is 28.8. The largest absolute Gasteiger partial charge is 0.455 e. The molecule has 7 nitrogen and oxygen atoms in total. The Morgan fingerprint density at radius 3 is 2.12 bits per heavy atom. The van der Waals surface area contributed by atoms with Crippen LogP contribution in [-0.2, 0) is 25.5 Å². The molecule has 0 saturated heterocycles. The van der Waals surface area contributed by atoms with Gasteiger partial charge in [0.25, 0.3) is 0 Å². The molecule has 0 radical (unpaired) electrons. The van der Waals surface area contributed by atoms with Gasteiger partial charge in [-0.2, -0.15) is 0 Å². The van der Waals surface area contributed by atoms with Gasteiger partial charge in [0, 0.05) is 6.42 Å². The Labute approximate surface area is 237 Å². The maximum absolute atomic E-state index is 13.3. The molecule has 3 rings (SSSR count). The van der Waals surface area contributed by atoms with Crippen LogP contribution in [0.25, 0.3) is 0 Å². The lowest BCUT2D eigenvalue weighted by atomic mass is 9.95. The van der Waals surface area contributed by atoms with Crippen LogP contribution in [0.4, 0.5) is 0 Å². The molecule has 40 heavy (non-hydrogen) atoms. The quantitative estimate of drug-likeness (QED) is 0.207. The zero-order valence-electron chi connectivity index (χ0n) is 23.2. The Hall–Kier alpha value is -3.71. The van der Waals surface area contributed by atoms with E-state index in [1.54, 1.807) is 12.2 Å². The Morgan fingerprint density at radius 2 is 1.52 bits per heavy atom. The lowest BCUT2D eigenvalue weighted by molar-refractivity contribution is -0.154. The third-order valence-electron chi connectivity index (χ3n) is 7.52. The number of hydrogen-bond acceptors (Lipinski definition) is 5. The van der Waals surface area contributed by atoms with Gasteiger partial charge < -0.3 is 20.5 Å². The van der Waals surface area contributed by atoms with Gasteiger partial charge >= 0.3 is 5.97 Å². The predicted octanol–water partition coefficient (Wildman–Crippen LogP) is 4.83. The second kappa shape index (κ2) is 15.8. The highest BCUT2D eigenvalue weighted by Crippen LogP contribution is 2.29. The Morgan fingerprint density at radius 1 is 0.925 bits per heavy atom. The van der Waals surface area contributed by atoms with E-state index < -0.39 is 23.5 Å². The fourth-order valence-corrected chi connectivity index (χ4v) is 5.26. The molecular formula is C33H42N2O5. The highest BCUT2D eigenvalue weighted by molar-refractivity contribution is 5.86. The van der Waals surface area contributed by atoms with Crippen LogP contribution < -0.4 is 10.6 Å². The maximum atomic E-state index is 13.3. The summed E-state index contributed by atoms with van der Waals surface area (Å²) in [6.45, 7) is 7.51. The number of carbonyl (C=O) groups excluding carboxylic acids is 3. The Kier molecular flexibility index (Phi) is 12.2. The summed E-state index contributed by atoms with van der Waals surface area (Å²) in [6.07, 6.45) is 7.29. The molecule has 3 atom stereocenters. The van der Waals surface area contributed by atoms with Crippen LogP contribution >= 0.6 is 0 Å². The molecule has 2 aromatic carbocycles. The number of hydrogen-bond donors (Lipinski definition) is 3. The van der Waals surface area contributed by atoms with Gasteiger partial charge in [-0.15, -0.1) is 13.2 Å². The summed E-state index contributed by atoms with van der Waals surface area (Å²) in [7, 11) is 0. The van der Waals surface area contributed by atoms with Crippen LogP contribution in [-0.4, -0.2) is 41.6 Å². The van der Waals surface area contributed by atoms with Gasteiger partial charge in [-0.1, -0.05) is 85.7 Å². The topological polar surface area (TPSA) is 105 Å². The van der Waals surface area contributed by atoms with E-state index in [0.29, 0.717) is 19.3 Å². The average molecular weight is 547 g/mol. The summed E-state index contributed by atoms with van der Waals surface area (Å²) in [6, 6.07) is 19.0. The van der Waals surface area contributed by atoms with E-state index in [-0.39, 0.29) is 37.4 Å². The molecule has 1 aliphatic carbocycles. The van der Waals surface area contributed by atoms with Crippen LogP contribution in [0.5, 0.6) is 0 Å². The fraction of sp³-hybridized carbons (Fsp3) is 0.424. The SMILES string of the molecule is C=CC[C@@H](CC(=O)NC1(CO)CCCC1)C(=O)NC[C@@H](OC(=O)[C@@H](CC=C)Cc1ccccc1)c1ccccc1. The number of allylic oxidation sites excluding steroid dienone is 2. The predicted molar refractivity (Wildman–Crippen MR) is 156 cm³/mol. The van der Waals surface area contributed by atoms with Gasteiger partial charge in [-0.25, -0.2) is 0 Å². The van der Waals surface area contributed by atoms with Crippen molar-refractivity contribution in [2.24, 2.45) is 11.8 Å². The number of aliphatic hydroxyl groups excluding tert-OH is 1. The van der Waals surface area contributed by atoms with Gasteiger partial charge in [0.2, 0.25) is 11.8 Å². The average Bonchev–Trinajstić information content (AvgIpc) is 3.44. The van der Waals surface area contributed by atoms with E-state index >= 15 is 0 Å². The number of amides is 2. The minimum Gasteiger partial charge on any atom is -0.455 e. The minimum absolute atomic E-state index is 0.0200. The highest BCUT2D eigenvalue weighted by Gasteiger charge is 2.35. The van der Waals surface area contributed by atoms with E-state index in [2.05, 4.69) is 23.8 Å². The molecule has 1 fully saturated rings. The first-order valence-corrected chi connectivity index (χ1v) is 14.1. The van der Waals surface area contributed by atoms with Gasteiger partial charge in [0.05, 0.1) is 30.5 Å². The highest BCUT2D eigenvalue weighted by atomic mass is 16.5. The fourth-order valence-electron chi connectivity index (χ4n) is 5.26. The Balaban J connectivity index is 1.66. The van der Waals surface area contributed by atoms with Crippen LogP contribution in [0.2, 0.25) is 0 Å². The molecule has 2 amide bonds. The summed E-state index contributed by atoms with van der Waals surface area (Å²) in [5, 5.41) is 15.7. The number of nitrogens with one attached hydrogen (secondary N) is 2. The molecule has 0 heterocycles. The third kappa shape index (κ3) is 9.19. The van der Waals surface area contributed by atoms with E-state index in [9.17, 15) is 19.5 Å². The second-order valence-electron chi connectivity index (χ2n) is 10.6. The molecule has 0 spiro atoms. The molecule has 2 aromatic rings. The first kappa shape index (κ1) is 30.8. The first-order valence-electron chi connectivity index (χ1n) is 14.1. The van der Waals surface area contributed by atoms with Crippen LogP contribution in [0.3, 0.4) is 0 Å². The standard InChI is InChI=1S/C33H42N2O5/c1-3-13-27(22-30(37)35-33(24-36)19-11-12-20-33)31(38)34-23-29(26-17-9-6-10-18-26)40-32(39)28(14-4-2)21-25-15-7-5-8-16-25/h3-10,15-18,27-29,36H,1-2,11-14,19-24H2,(H,34,38)(H,35,37)/t27-,28-,29+/m0/s1. The molecule has 1 saturated carbocycles. The second-order valence-corrected chi connectivity index (χ2v) is 10.6. The summed E-state index contributed by atoms with van der Waals surface area (Å²) in [5.41, 5.74) is 1.19. The number of rotatable bonds is 16. The lowest BCUT2D eigenvalue weighted by Gasteiger charge is -2.29. The smallest absolute Gasteiger partial charge is 0.310 e. The van der Waals surface area contributed by atoms with Crippen molar-refractivity contribution in [3.8, 4) is 0 Å². The molecule has 7 heteroatoms. The number of esters is 1. The van der Waals surface area contributed by atoms with E-state index in [0.717, 1.165) is 36.8 Å². The molecule has 0 aliphatic heterocycles. The molecule has 0 aromatic heterocycles. The first-order chi connectivity index (χ1) is 19.4. The van der Waals surface area contributed by atoms with Crippen molar-refractivity contribution in [1.29, 1.82) is 0 Å². The molecule has 3 N–H and O–H groups in total. The summed E-state index contributed by atoms with van der Waals surface area (Å²) in [4.78, 5) is 39.3. The molecule has 0 unspecified atom stereocenters. The number of carbonyl (C=O) groups is 3. The Bertz CT molecular complexity index is 1110. The van der Waals surface area contributed by atoms with Crippen molar-refractivity contribution in [2.75, 3.05) is 13.2 Å². The number of aliphatic hydroxyl groups is 1. The van der Waals surface area contributed by atoms with Gasteiger partial charge in [-0.05, 0) is 43.2 Å². The third-order valence-corrected chi connectivity index (χ3v) is 7.52. The number of benzene rings is 2. The monoisotopic (exact) mass is 546 g/mol. The van der Waals surface area contributed by atoms with Crippen LogP contribution in [0.15, 0.2) is 86.0 Å². The summed E-state index contributed by atoms with van der Waals surface area (Å²) in [5.74, 6) is -1.98. The van der Waals surface area contributed by atoms with Crippen molar-refractivity contribution in [3.63, 3.8) is 0 Å². The molecule has 1 aliphatic rings. The van der Waals surface area contributed by atoms with Gasteiger partial charge in [0.1, 0.15) is 6.10 Å². The minimum atomic E-state index is -0.699. The van der Waals surface area contributed by atoms with Gasteiger partial charge in [0.15, 0.2) is 0 Å². The molecule has 214 valence electrons.